The minimum atomic E-state index is -4.02. The molecule has 0 aromatic heterocycles. The van der Waals surface area contributed by atoms with Crippen molar-refractivity contribution in [3.63, 3.8) is 0 Å². The van der Waals surface area contributed by atoms with E-state index in [1.165, 1.54) is 6.07 Å². The van der Waals surface area contributed by atoms with Crippen LogP contribution >= 0.6 is 0 Å². The van der Waals surface area contributed by atoms with Crippen LogP contribution in [0, 0.1) is 5.92 Å². The lowest BCUT2D eigenvalue weighted by molar-refractivity contribution is -0.121. The van der Waals surface area contributed by atoms with E-state index in [1.54, 1.807) is 18.2 Å². The lowest BCUT2D eigenvalue weighted by Gasteiger charge is -2.15. The van der Waals surface area contributed by atoms with Crippen LogP contribution in [-0.2, 0) is 14.8 Å². The van der Waals surface area contributed by atoms with Crippen molar-refractivity contribution < 1.29 is 17.9 Å². The van der Waals surface area contributed by atoms with E-state index in [0.717, 1.165) is 25.7 Å². The van der Waals surface area contributed by atoms with Gasteiger partial charge in [-0.2, -0.15) is 0 Å². The molecular weight excluding hydrogens is 328 g/mol. The maximum atomic E-state index is 12.6. The Morgan fingerprint density at radius 3 is 2.83 bits per heavy atom. The van der Waals surface area contributed by atoms with Gasteiger partial charge in [0.15, 0.2) is 0 Å². The summed E-state index contributed by atoms with van der Waals surface area (Å²) in [5.41, 5.74) is 4.92. The number of para-hydroxylation sites is 1. The minimum absolute atomic E-state index is 0.0374. The van der Waals surface area contributed by atoms with Gasteiger partial charge in [-0.1, -0.05) is 24.3 Å². The van der Waals surface area contributed by atoms with E-state index in [9.17, 15) is 13.2 Å². The smallest absolute Gasteiger partial charge is 0.267 e. The Morgan fingerprint density at radius 1 is 1.21 bits per heavy atom. The summed E-state index contributed by atoms with van der Waals surface area (Å²) in [5, 5.41) is 0. The molecule has 1 heterocycles. The first-order chi connectivity index (χ1) is 11.4. The van der Waals surface area contributed by atoms with Gasteiger partial charge in [-0.3, -0.25) is 4.79 Å². The first-order valence-corrected chi connectivity index (χ1v) is 9.66. The van der Waals surface area contributed by atoms with Gasteiger partial charge in [0.2, 0.25) is 0 Å². The van der Waals surface area contributed by atoms with Gasteiger partial charge in [0, 0.05) is 5.92 Å². The number of ether oxygens (including phenoxy) is 1. The molecule has 1 aromatic rings. The maximum absolute atomic E-state index is 12.6. The molecule has 1 aliphatic heterocycles. The first kappa shape index (κ1) is 17.0. The van der Waals surface area contributed by atoms with Crippen molar-refractivity contribution in [1.82, 2.24) is 4.72 Å². The van der Waals surface area contributed by atoms with Crippen LogP contribution in [0.25, 0.3) is 0 Å². The number of hydrogen-bond acceptors (Lipinski definition) is 5. The molecule has 0 saturated heterocycles. The van der Waals surface area contributed by atoms with E-state index < -0.39 is 21.5 Å². The molecule has 6 nitrogen and oxygen atoms in total. The number of benzene rings is 1. The molecule has 1 saturated carbocycles. The molecule has 24 heavy (non-hydrogen) atoms. The number of nitrogens with two attached hydrogens (primary N) is 1. The van der Waals surface area contributed by atoms with Crippen LogP contribution in [0.5, 0.6) is 5.75 Å². The number of nitrogens with one attached hydrogen (secondary N) is 1. The van der Waals surface area contributed by atoms with Crippen molar-refractivity contribution in [3.05, 3.63) is 36.4 Å². The fourth-order valence-corrected chi connectivity index (χ4v) is 4.05. The van der Waals surface area contributed by atoms with Crippen LogP contribution in [-0.4, -0.2) is 26.5 Å². The van der Waals surface area contributed by atoms with Crippen LogP contribution in [0.15, 0.2) is 41.3 Å². The highest BCUT2D eigenvalue weighted by molar-refractivity contribution is 7.90. The van der Waals surface area contributed by atoms with Crippen LogP contribution in [0.2, 0.25) is 0 Å². The van der Waals surface area contributed by atoms with Crippen LogP contribution in [0.4, 0.5) is 0 Å². The van der Waals surface area contributed by atoms with Crippen molar-refractivity contribution in [2.24, 2.45) is 11.7 Å². The second kappa shape index (κ2) is 6.57. The van der Waals surface area contributed by atoms with Gasteiger partial charge in [0.05, 0.1) is 6.61 Å². The Balaban J connectivity index is 1.89. The van der Waals surface area contributed by atoms with Crippen LogP contribution in [0.3, 0.4) is 0 Å². The summed E-state index contributed by atoms with van der Waals surface area (Å²) in [7, 11) is -4.02. The molecule has 1 aromatic carbocycles. The van der Waals surface area contributed by atoms with Crippen molar-refractivity contribution in [2.45, 2.75) is 42.5 Å². The summed E-state index contributed by atoms with van der Waals surface area (Å²) in [5.74, 6) is -0.518. The Kier molecular flexibility index (Phi) is 4.64. The molecule has 1 aliphatic carbocycles. The molecule has 0 spiro atoms. The molecular formula is C17H22N2O4S. The zero-order chi connectivity index (χ0) is 17.2. The second-order valence-electron chi connectivity index (χ2n) is 6.36. The van der Waals surface area contributed by atoms with E-state index in [4.69, 9.17) is 10.5 Å². The van der Waals surface area contributed by atoms with Crippen molar-refractivity contribution >= 4 is 15.9 Å². The lowest BCUT2D eigenvalue weighted by Crippen LogP contribution is -2.46. The van der Waals surface area contributed by atoms with Gasteiger partial charge in [0.25, 0.3) is 15.9 Å². The van der Waals surface area contributed by atoms with Crippen LogP contribution in [0.1, 0.15) is 32.1 Å². The summed E-state index contributed by atoms with van der Waals surface area (Å²) >= 11 is 0. The molecule has 0 bridgehead atoms. The standard InChI is InChI=1S/C17H22N2O4S/c18-17-12-13(17)8-4-2-1-3-7-11-23-14-9-5-6-10-15(14)24(21,22)19-16(17)20/h4-6,8-10,13H,1-3,7,11-12,18H2,(H,19,20)/t13-,17-/m1/s1. The van der Waals surface area contributed by atoms with Crippen molar-refractivity contribution in [3.8, 4) is 5.75 Å². The third-order valence-electron chi connectivity index (χ3n) is 4.49. The fourth-order valence-electron chi connectivity index (χ4n) is 2.85. The summed E-state index contributed by atoms with van der Waals surface area (Å²) in [6.45, 7) is 0.438. The van der Waals surface area contributed by atoms with Gasteiger partial charge in [-0.05, 0) is 44.2 Å². The van der Waals surface area contributed by atoms with Gasteiger partial charge in [-0.15, -0.1) is 0 Å². The number of carbonyl (C=O) groups excluding carboxylic acids is 1. The van der Waals surface area contributed by atoms with Crippen LogP contribution < -0.4 is 15.2 Å². The van der Waals surface area contributed by atoms with Gasteiger partial charge >= 0.3 is 0 Å². The third-order valence-corrected chi connectivity index (χ3v) is 5.86. The Morgan fingerprint density at radius 2 is 2.00 bits per heavy atom. The number of hydrogen-bond donors (Lipinski definition) is 2. The van der Waals surface area contributed by atoms with Gasteiger partial charge in [-0.25, -0.2) is 13.1 Å². The number of sulfonamides is 1. The van der Waals surface area contributed by atoms with E-state index in [2.05, 4.69) is 4.72 Å². The predicted octanol–water partition coefficient (Wildman–Crippen LogP) is 1.72. The first-order valence-electron chi connectivity index (χ1n) is 8.18. The van der Waals surface area contributed by atoms with E-state index in [1.807, 2.05) is 12.2 Å². The van der Waals surface area contributed by atoms with E-state index in [-0.39, 0.29) is 16.6 Å². The predicted molar refractivity (Wildman–Crippen MR) is 89.9 cm³/mol. The molecule has 1 amide bonds. The Bertz CT molecular complexity index is 760. The minimum Gasteiger partial charge on any atom is -0.492 e. The topological polar surface area (TPSA) is 98.5 Å². The Hall–Kier alpha value is -1.86. The quantitative estimate of drug-likeness (QED) is 0.694. The molecule has 0 unspecified atom stereocenters. The van der Waals surface area contributed by atoms with Crippen molar-refractivity contribution in [2.75, 3.05) is 6.61 Å². The molecule has 2 atom stereocenters. The molecule has 130 valence electrons. The lowest BCUT2D eigenvalue weighted by atomic mass is 10.1. The second-order valence-corrected chi connectivity index (χ2v) is 8.01. The highest BCUT2D eigenvalue weighted by atomic mass is 32.2. The van der Waals surface area contributed by atoms with Gasteiger partial charge < -0.3 is 10.5 Å². The Labute approximate surface area is 142 Å². The zero-order valence-electron chi connectivity index (χ0n) is 13.4. The van der Waals surface area contributed by atoms with Crippen molar-refractivity contribution in [1.29, 1.82) is 0 Å². The molecule has 2 aliphatic rings. The molecule has 3 N–H and O–H groups in total. The summed E-state index contributed by atoms with van der Waals surface area (Å²) in [6, 6.07) is 6.32. The zero-order valence-corrected chi connectivity index (χ0v) is 14.2. The fraction of sp³-hybridized carbons (Fsp3) is 0.471. The highest BCUT2D eigenvalue weighted by Gasteiger charge is 2.56. The highest BCUT2D eigenvalue weighted by Crippen LogP contribution is 2.42. The molecule has 7 heteroatoms. The maximum Gasteiger partial charge on any atom is 0.267 e. The average Bonchev–Trinajstić information content (AvgIpc) is 3.21. The van der Waals surface area contributed by atoms with Gasteiger partial charge in [0.1, 0.15) is 16.2 Å². The number of amides is 1. The summed E-state index contributed by atoms with van der Waals surface area (Å²) in [4.78, 5) is 12.3. The largest absolute Gasteiger partial charge is 0.492 e. The number of carbonyl (C=O) groups is 1. The summed E-state index contributed by atoms with van der Waals surface area (Å²) < 4.78 is 32.8. The number of fused-ring (bicyclic) bond motifs is 2. The molecule has 3 rings (SSSR count). The molecule has 1 fully saturated rings. The van der Waals surface area contributed by atoms with E-state index in [0.29, 0.717) is 13.0 Å². The average molecular weight is 350 g/mol. The monoisotopic (exact) mass is 350 g/mol. The number of allylic oxidation sites excluding steroid dienone is 1. The molecule has 0 radical (unpaired) electrons. The van der Waals surface area contributed by atoms with E-state index >= 15 is 0 Å². The number of rotatable bonds is 0. The SMILES string of the molecule is N[C@]12C[C@H]1C=CCCCCCOc1ccccc1S(=O)(=O)NC2=O. The normalized spacial score (nSPS) is 29.9. The third kappa shape index (κ3) is 3.47. The summed E-state index contributed by atoms with van der Waals surface area (Å²) in [6.07, 6.45) is 8.20.